The van der Waals surface area contributed by atoms with Crippen LogP contribution in [-0.2, 0) is 9.59 Å². The number of carbonyl (C=O) groups is 2. The number of aryl methyl sites for hydroxylation is 1. The number of carboxylic acids is 2. The first-order valence-electron chi connectivity index (χ1n) is 13.0. The van der Waals surface area contributed by atoms with E-state index in [0.29, 0.717) is 31.9 Å². The predicted molar refractivity (Wildman–Crippen MR) is 150 cm³/mol. The lowest BCUT2D eigenvalue weighted by Gasteiger charge is -2.35. The summed E-state index contributed by atoms with van der Waals surface area (Å²) in [4.78, 5) is 24.5. The number of rotatable bonds is 13. The molecule has 204 valence electrons. The molecule has 0 saturated carbocycles. The Kier molecular flexibility index (Phi) is 9.45. The Labute approximate surface area is 228 Å². The van der Waals surface area contributed by atoms with E-state index < -0.39 is 18.0 Å². The molecule has 3 aromatic carbocycles. The molecule has 0 aromatic heterocycles. The number of fused-ring (bicyclic) bond motifs is 1. The summed E-state index contributed by atoms with van der Waals surface area (Å²) in [6.45, 7) is 3.75. The Balaban J connectivity index is 1.34. The van der Waals surface area contributed by atoms with Gasteiger partial charge in [0.15, 0.2) is 5.75 Å². The summed E-state index contributed by atoms with van der Waals surface area (Å²) in [7, 11) is 0. The van der Waals surface area contributed by atoms with Crippen molar-refractivity contribution in [2.24, 2.45) is 0 Å². The highest BCUT2D eigenvalue weighted by Crippen LogP contribution is 2.38. The van der Waals surface area contributed by atoms with Crippen molar-refractivity contribution < 1.29 is 34.0 Å². The van der Waals surface area contributed by atoms with E-state index in [9.17, 15) is 14.7 Å². The summed E-state index contributed by atoms with van der Waals surface area (Å²) in [6.07, 6.45) is 3.98. The molecule has 0 amide bonds. The van der Waals surface area contributed by atoms with Crippen LogP contribution in [0.25, 0.3) is 12.2 Å². The summed E-state index contributed by atoms with van der Waals surface area (Å²) >= 11 is 0. The maximum Gasteiger partial charge on any atom is 0.346 e. The van der Waals surface area contributed by atoms with E-state index in [4.69, 9.17) is 19.3 Å². The van der Waals surface area contributed by atoms with Crippen molar-refractivity contribution >= 4 is 29.8 Å². The van der Waals surface area contributed by atoms with Crippen LogP contribution in [-0.4, -0.2) is 54.6 Å². The first-order valence-corrected chi connectivity index (χ1v) is 13.0. The van der Waals surface area contributed by atoms with Crippen molar-refractivity contribution in [3.63, 3.8) is 0 Å². The highest BCUT2D eigenvalue weighted by molar-refractivity contribution is 5.81. The fraction of sp³-hybridized carbons (Fsp3) is 0.290. The van der Waals surface area contributed by atoms with Gasteiger partial charge in [-0.2, -0.15) is 0 Å². The maximum atomic E-state index is 11.7. The molecule has 1 aliphatic rings. The zero-order valence-electron chi connectivity index (χ0n) is 21.9. The van der Waals surface area contributed by atoms with Gasteiger partial charge in [-0.3, -0.25) is 4.79 Å². The average molecular weight is 532 g/mol. The van der Waals surface area contributed by atoms with E-state index >= 15 is 0 Å². The highest BCUT2D eigenvalue weighted by atomic mass is 16.5. The van der Waals surface area contributed by atoms with Crippen LogP contribution in [0.2, 0.25) is 0 Å². The smallest absolute Gasteiger partial charge is 0.346 e. The molecule has 3 aromatic rings. The van der Waals surface area contributed by atoms with Gasteiger partial charge in [-0.25, -0.2) is 4.79 Å². The van der Waals surface area contributed by atoms with E-state index in [0.717, 1.165) is 40.3 Å². The van der Waals surface area contributed by atoms with E-state index in [1.807, 2.05) is 90.7 Å². The van der Waals surface area contributed by atoms with Crippen LogP contribution in [0.5, 0.6) is 17.2 Å². The lowest BCUT2D eigenvalue weighted by atomic mass is 10.1. The fourth-order valence-corrected chi connectivity index (χ4v) is 4.30. The standard InChI is InChI=1S/C31H33NO7/c1-22-6-2-8-26(20-22)38-19-5-18-37-25-15-12-23(13-16-25)11-14-24-7-3-9-27-30(24)39-28(31(35)36)21-32(27)17-4-10-29(33)34/h2-3,6-9,11-16,20,28H,4-5,10,17-19,21H2,1H3,(H,33,34)(H,35,36)/b14-11+. The Hall–Kier alpha value is -4.46. The van der Waals surface area contributed by atoms with Gasteiger partial charge < -0.3 is 29.3 Å². The summed E-state index contributed by atoms with van der Waals surface area (Å²) in [5.74, 6) is 0.180. The number of anilines is 1. The number of carboxylic acid groups (broad SMARTS) is 2. The number of benzene rings is 3. The number of para-hydroxylation sites is 1. The normalized spacial score (nSPS) is 14.5. The van der Waals surface area contributed by atoms with Crippen molar-refractivity contribution in [3.8, 4) is 17.2 Å². The quantitative estimate of drug-likeness (QED) is 0.219. The van der Waals surface area contributed by atoms with Gasteiger partial charge in [0, 0.05) is 24.9 Å². The minimum absolute atomic E-state index is 0.0188. The third kappa shape index (κ3) is 8.01. The van der Waals surface area contributed by atoms with E-state index in [1.165, 1.54) is 0 Å². The molecular weight excluding hydrogens is 498 g/mol. The summed E-state index contributed by atoms with van der Waals surface area (Å²) in [5, 5.41) is 18.6. The number of nitrogens with zero attached hydrogens (tertiary/aromatic N) is 1. The molecule has 39 heavy (non-hydrogen) atoms. The van der Waals surface area contributed by atoms with Gasteiger partial charge >= 0.3 is 11.9 Å². The van der Waals surface area contributed by atoms with Gasteiger partial charge in [0.1, 0.15) is 11.5 Å². The zero-order chi connectivity index (χ0) is 27.6. The zero-order valence-corrected chi connectivity index (χ0v) is 21.9. The molecule has 0 fully saturated rings. The second kappa shape index (κ2) is 13.4. The maximum absolute atomic E-state index is 11.7. The average Bonchev–Trinajstić information content (AvgIpc) is 2.92. The summed E-state index contributed by atoms with van der Waals surface area (Å²) < 4.78 is 17.4. The molecule has 0 radical (unpaired) electrons. The minimum atomic E-state index is -1.06. The molecule has 1 unspecified atom stereocenters. The molecule has 2 N–H and O–H groups in total. The van der Waals surface area contributed by atoms with Gasteiger partial charge in [0.25, 0.3) is 0 Å². The molecule has 1 aliphatic heterocycles. The lowest BCUT2D eigenvalue weighted by molar-refractivity contribution is -0.145. The molecule has 4 rings (SSSR count). The predicted octanol–water partition coefficient (Wildman–Crippen LogP) is 5.53. The van der Waals surface area contributed by atoms with Crippen LogP contribution in [0.1, 0.15) is 36.0 Å². The highest BCUT2D eigenvalue weighted by Gasteiger charge is 2.31. The van der Waals surface area contributed by atoms with Crippen LogP contribution >= 0.6 is 0 Å². The molecule has 0 bridgehead atoms. The Morgan fingerprint density at radius 3 is 2.41 bits per heavy atom. The number of aliphatic carboxylic acids is 2. The van der Waals surface area contributed by atoms with Crippen molar-refractivity contribution in [3.05, 3.63) is 83.4 Å². The van der Waals surface area contributed by atoms with Crippen molar-refractivity contribution in [2.75, 3.05) is 31.2 Å². The summed E-state index contributed by atoms with van der Waals surface area (Å²) in [5.41, 5.74) is 3.62. The largest absolute Gasteiger partial charge is 0.493 e. The molecule has 0 spiro atoms. The van der Waals surface area contributed by atoms with E-state index in [2.05, 4.69) is 0 Å². The minimum Gasteiger partial charge on any atom is -0.493 e. The Morgan fingerprint density at radius 2 is 1.69 bits per heavy atom. The van der Waals surface area contributed by atoms with E-state index in [1.54, 1.807) is 0 Å². The van der Waals surface area contributed by atoms with Crippen LogP contribution in [0.4, 0.5) is 5.69 Å². The van der Waals surface area contributed by atoms with Crippen LogP contribution < -0.4 is 19.1 Å². The van der Waals surface area contributed by atoms with Crippen LogP contribution in [0.3, 0.4) is 0 Å². The Morgan fingerprint density at radius 1 is 0.949 bits per heavy atom. The number of ether oxygens (including phenoxy) is 3. The third-order valence-electron chi connectivity index (χ3n) is 6.26. The van der Waals surface area contributed by atoms with Crippen molar-refractivity contribution in [1.29, 1.82) is 0 Å². The SMILES string of the molecule is Cc1cccc(OCCCOc2ccc(/C=C/c3cccc4c3OC(C(=O)O)CN4CCCC(=O)O)cc2)c1. The fourth-order valence-electron chi connectivity index (χ4n) is 4.30. The number of hydrogen-bond acceptors (Lipinski definition) is 6. The van der Waals surface area contributed by atoms with Crippen molar-refractivity contribution in [1.82, 2.24) is 0 Å². The molecule has 1 heterocycles. The number of hydrogen-bond donors (Lipinski definition) is 2. The molecule has 0 aliphatic carbocycles. The van der Waals surface area contributed by atoms with Crippen LogP contribution in [0, 0.1) is 6.92 Å². The van der Waals surface area contributed by atoms with Gasteiger partial charge in [0.05, 0.1) is 25.4 Å². The van der Waals surface area contributed by atoms with Crippen LogP contribution in [0.15, 0.2) is 66.7 Å². The third-order valence-corrected chi connectivity index (χ3v) is 6.26. The monoisotopic (exact) mass is 531 g/mol. The molecule has 1 atom stereocenters. The summed E-state index contributed by atoms with van der Waals surface area (Å²) in [6, 6.07) is 21.3. The first kappa shape index (κ1) is 27.6. The molecule has 8 nitrogen and oxygen atoms in total. The van der Waals surface area contributed by atoms with E-state index in [-0.39, 0.29) is 13.0 Å². The van der Waals surface area contributed by atoms with Gasteiger partial charge in [-0.15, -0.1) is 0 Å². The second-order valence-electron chi connectivity index (χ2n) is 9.35. The second-order valence-corrected chi connectivity index (χ2v) is 9.35. The van der Waals surface area contributed by atoms with Gasteiger partial charge in [-0.1, -0.05) is 48.6 Å². The van der Waals surface area contributed by atoms with Gasteiger partial charge in [-0.05, 0) is 54.8 Å². The first-order chi connectivity index (χ1) is 18.9. The topological polar surface area (TPSA) is 106 Å². The molecule has 8 heteroatoms. The van der Waals surface area contributed by atoms with Gasteiger partial charge in [0.2, 0.25) is 6.10 Å². The van der Waals surface area contributed by atoms with Crippen molar-refractivity contribution in [2.45, 2.75) is 32.3 Å². The lowest BCUT2D eigenvalue weighted by Crippen LogP contribution is -2.45. The Bertz CT molecular complexity index is 1300. The molecule has 0 saturated heterocycles. The molecular formula is C31H33NO7.